The number of likely N-dealkylation sites (tertiary alicyclic amines) is 1. The van der Waals surface area contributed by atoms with Gasteiger partial charge in [-0.3, -0.25) is 14.5 Å². The summed E-state index contributed by atoms with van der Waals surface area (Å²) in [6, 6.07) is -0.739. The molecule has 0 bridgehead atoms. The van der Waals surface area contributed by atoms with Crippen molar-refractivity contribution in [1.29, 1.82) is 0 Å². The van der Waals surface area contributed by atoms with Crippen molar-refractivity contribution in [2.45, 2.75) is 45.3 Å². The number of amides is 2. The van der Waals surface area contributed by atoms with Crippen molar-refractivity contribution in [1.82, 2.24) is 9.80 Å². The van der Waals surface area contributed by atoms with Gasteiger partial charge < -0.3 is 14.4 Å². The molecule has 0 aromatic heterocycles. The SMILES string of the molecule is C=CCCN(CC(=O)OC)C(=O)[C@@H]1[C@@H](C=C)CCN1C(=O)OC(C)(C)C. The predicted octanol–water partition coefficient (Wildman–Crippen LogP) is 2.38. The van der Waals surface area contributed by atoms with Crippen LogP contribution in [-0.4, -0.2) is 66.2 Å². The van der Waals surface area contributed by atoms with Gasteiger partial charge in [0.05, 0.1) is 7.11 Å². The van der Waals surface area contributed by atoms with Gasteiger partial charge in [-0.15, -0.1) is 13.2 Å². The zero-order valence-electron chi connectivity index (χ0n) is 16.2. The summed E-state index contributed by atoms with van der Waals surface area (Å²) < 4.78 is 10.1. The highest BCUT2D eigenvalue weighted by Crippen LogP contribution is 2.28. The van der Waals surface area contributed by atoms with Gasteiger partial charge in [0.15, 0.2) is 0 Å². The van der Waals surface area contributed by atoms with Crippen molar-refractivity contribution < 1.29 is 23.9 Å². The highest BCUT2D eigenvalue weighted by molar-refractivity contribution is 5.89. The van der Waals surface area contributed by atoms with Crippen LogP contribution in [0.2, 0.25) is 0 Å². The molecule has 1 heterocycles. The average Bonchev–Trinajstić information content (AvgIpc) is 3.00. The van der Waals surface area contributed by atoms with Gasteiger partial charge in [-0.1, -0.05) is 12.2 Å². The summed E-state index contributed by atoms with van der Waals surface area (Å²) in [6.45, 7) is 13.3. The Morgan fingerprint density at radius 1 is 1.27 bits per heavy atom. The van der Waals surface area contributed by atoms with Gasteiger partial charge in [0.2, 0.25) is 5.91 Å². The van der Waals surface area contributed by atoms with Gasteiger partial charge in [-0.25, -0.2) is 4.79 Å². The van der Waals surface area contributed by atoms with Gasteiger partial charge in [-0.05, 0) is 33.6 Å². The van der Waals surface area contributed by atoms with E-state index < -0.39 is 23.7 Å². The van der Waals surface area contributed by atoms with Crippen LogP contribution < -0.4 is 0 Å². The van der Waals surface area contributed by atoms with Crippen molar-refractivity contribution in [3.05, 3.63) is 25.3 Å². The fourth-order valence-electron chi connectivity index (χ4n) is 2.83. The fraction of sp³-hybridized carbons (Fsp3) is 0.632. The molecule has 146 valence electrons. The van der Waals surface area contributed by atoms with Crippen LogP contribution in [0.3, 0.4) is 0 Å². The average molecular weight is 366 g/mol. The Hall–Kier alpha value is -2.31. The summed E-state index contributed by atoms with van der Waals surface area (Å²) in [5.41, 5.74) is -0.661. The number of carbonyl (C=O) groups excluding carboxylic acids is 3. The lowest BCUT2D eigenvalue weighted by atomic mass is 9.99. The van der Waals surface area contributed by atoms with E-state index in [2.05, 4.69) is 17.9 Å². The number of hydrogen-bond acceptors (Lipinski definition) is 5. The number of methoxy groups -OCH3 is 1. The molecule has 26 heavy (non-hydrogen) atoms. The molecule has 1 aliphatic heterocycles. The summed E-state index contributed by atoms with van der Waals surface area (Å²) in [5.74, 6) is -1.02. The maximum atomic E-state index is 13.1. The Morgan fingerprint density at radius 2 is 1.92 bits per heavy atom. The van der Waals surface area contributed by atoms with Crippen LogP contribution in [0.5, 0.6) is 0 Å². The second-order valence-corrected chi connectivity index (χ2v) is 7.22. The summed E-state index contributed by atoms with van der Waals surface area (Å²) in [5, 5.41) is 0. The number of ether oxygens (including phenoxy) is 2. The maximum absolute atomic E-state index is 13.1. The molecule has 0 saturated carbocycles. The highest BCUT2D eigenvalue weighted by Gasteiger charge is 2.44. The zero-order valence-corrected chi connectivity index (χ0v) is 16.2. The molecule has 1 aliphatic rings. The summed E-state index contributed by atoms with van der Waals surface area (Å²) in [4.78, 5) is 40.2. The first-order valence-corrected chi connectivity index (χ1v) is 8.73. The van der Waals surface area contributed by atoms with Gasteiger partial charge in [0.1, 0.15) is 18.2 Å². The smallest absolute Gasteiger partial charge is 0.410 e. The second-order valence-electron chi connectivity index (χ2n) is 7.22. The van der Waals surface area contributed by atoms with Crippen LogP contribution in [0.25, 0.3) is 0 Å². The Kier molecular flexibility index (Phi) is 7.86. The van der Waals surface area contributed by atoms with Crippen LogP contribution in [0, 0.1) is 5.92 Å². The Bertz CT molecular complexity index is 553. The zero-order chi connectivity index (χ0) is 19.9. The largest absolute Gasteiger partial charge is 0.468 e. The first kappa shape index (κ1) is 21.7. The molecule has 2 amide bonds. The third kappa shape index (κ3) is 5.89. The van der Waals surface area contributed by atoms with E-state index in [-0.39, 0.29) is 18.4 Å². The van der Waals surface area contributed by atoms with Crippen LogP contribution in [0.1, 0.15) is 33.6 Å². The molecule has 0 aromatic rings. The monoisotopic (exact) mass is 366 g/mol. The standard InChI is InChI=1S/C19H30N2O5/c1-7-9-11-20(13-15(22)25-6)17(23)16-14(8-2)10-12-21(16)18(24)26-19(3,4)5/h7-8,14,16H,1-2,9-13H2,3-6H3/t14-,16-/m0/s1. The lowest BCUT2D eigenvalue weighted by Crippen LogP contribution is -2.52. The number of carbonyl (C=O) groups is 3. The van der Waals surface area contributed by atoms with E-state index in [9.17, 15) is 14.4 Å². The molecule has 0 N–H and O–H groups in total. The molecule has 0 aliphatic carbocycles. The molecule has 1 rings (SSSR count). The number of rotatable bonds is 7. The van der Waals surface area contributed by atoms with Crippen LogP contribution in [0.4, 0.5) is 4.79 Å². The second kappa shape index (κ2) is 9.40. The lowest BCUT2D eigenvalue weighted by molar-refractivity contribution is -0.148. The van der Waals surface area contributed by atoms with E-state index >= 15 is 0 Å². The normalized spacial score (nSPS) is 19.6. The molecular formula is C19H30N2O5. The van der Waals surface area contributed by atoms with Crippen LogP contribution in [-0.2, 0) is 19.1 Å². The summed E-state index contributed by atoms with van der Waals surface area (Å²) in [7, 11) is 1.27. The van der Waals surface area contributed by atoms with E-state index in [0.717, 1.165) is 0 Å². The Morgan fingerprint density at radius 3 is 2.42 bits per heavy atom. The third-order valence-corrected chi connectivity index (χ3v) is 4.09. The third-order valence-electron chi connectivity index (χ3n) is 4.09. The molecule has 1 saturated heterocycles. The number of nitrogens with zero attached hydrogens (tertiary/aromatic N) is 2. The molecule has 7 nitrogen and oxygen atoms in total. The van der Waals surface area contributed by atoms with E-state index in [0.29, 0.717) is 25.9 Å². The molecule has 0 spiro atoms. The predicted molar refractivity (Wildman–Crippen MR) is 98.4 cm³/mol. The minimum atomic E-state index is -0.739. The van der Waals surface area contributed by atoms with Gasteiger partial charge in [0, 0.05) is 19.0 Å². The molecular weight excluding hydrogens is 336 g/mol. The Balaban J connectivity index is 3.05. The van der Waals surface area contributed by atoms with Gasteiger partial charge >= 0.3 is 12.1 Å². The fourth-order valence-corrected chi connectivity index (χ4v) is 2.83. The molecule has 0 unspecified atom stereocenters. The first-order valence-electron chi connectivity index (χ1n) is 8.73. The molecule has 0 radical (unpaired) electrons. The van der Waals surface area contributed by atoms with Crippen molar-refractivity contribution in [2.75, 3.05) is 26.7 Å². The Labute approximate surface area is 155 Å². The summed E-state index contributed by atoms with van der Waals surface area (Å²) in [6.07, 6.45) is 3.95. The minimum absolute atomic E-state index is 0.175. The molecule has 7 heteroatoms. The van der Waals surface area contributed by atoms with E-state index in [1.54, 1.807) is 32.9 Å². The summed E-state index contributed by atoms with van der Waals surface area (Å²) >= 11 is 0. The van der Waals surface area contributed by atoms with Gasteiger partial charge in [0.25, 0.3) is 0 Å². The first-order chi connectivity index (χ1) is 12.1. The van der Waals surface area contributed by atoms with E-state index in [1.807, 2.05) is 0 Å². The van der Waals surface area contributed by atoms with E-state index in [4.69, 9.17) is 4.74 Å². The lowest BCUT2D eigenvalue weighted by Gasteiger charge is -2.32. The minimum Gasteiger partial charge on any atom is -0.468 e. The van der Waals surface area contributed by atoms with E-state index in [1.165, 1.54) is 16.9 Å². The van der Waals surface area contributed by atoms with Crippen LogP contribution >= 0.6 is 0 Å². The number of esters is 1. The van der Waals surface area contributed by atoms with Crippen molar-refractivity contribution in [2.24, 2.45) is 5.92 Å². The molecule has 0 aromatic carbocycles. The quantitative estimate of drug-likeness (QED) is 0.511. The molecule has 1 fully saturated rings. The van der Waals surface area contributed by atoms with Gasteiger partial charge in [-0.2, -0.15) is 0 Å². The highest BCUT2D eigenvalue weighted by atomic mass is 16.6. The van der Waals surface area contributed by atoms with Crippen molar-refractivity contribution in [3.8, 4) is 0 Å². The topological polar surface area (TPSA) is 76.2 Å². The van der Waals surface area contributed by atoms with Crippen molar-refractivity contribution >= 4 is 18.0 Å². The van der Waals surface area contributed by atoms with Crippen molar-refractivity contribution in [3.63, 3.8) is 0 Å². The number of hydrogen-bond donors (Lipinski definition) is 0. The van der Waals surface area contributed by atoms with Crippen LogP contribution in [0.15, 0.2) is 25.3 Å². The maximum Gasteiger partial charge on any atom is 0.410 e. The molecule has 2 atom stereocenters.